The van der Waals surface area contributed by atoms with Gasteiger partial charge in [-0.15, -0.1) is 11.8 Å². The number of hydrogen-bond acceptors (Lipinski definition) is 3. The summed E-state index contributed by atoms with van der Waals surface area (Å²) < 4.78 is 0. The second-order valence-corrected chi connectivity index (χ2v) is 11.0. The van der Waals surface area contributed by atoms with Crippen LogP contribution in [0.1, 0.15) is 54.4 Å². The van der Waals surface area contributed by atoms with Crippen molar-refractivity contribution in [1.29, 1.82) is 0 Å². The molecule has 2 amide bonds. The molecular weight excluding hydrogens is 476 g/mol. The van der Waals surface area contributed by atoms with Gasteiger partial charge in [-0.2, -0.15) is 0 Å². The Labute approximate surface area is 225 Å². The number of rotatable bonds is 11. The third kappa shape index (κ3) is 8.50. The van der Waals surface area contributed by atoms with Crippen LogP contribution >= 0.6 is 11.8 Å². The van der Waals surface area contributed by atoms with E-state index >= 15 is 0 Å². The monoisotopic (exact) mass is 514 g/mol. The third-order valence-electron chi connectivity index (χ3n) is 7.00. The van der Waals surface area contributed by atoms with Gasteiger partial charge in [-0.25, -0.2) is 0 Å². The molecule has 1 aliphatic rings. The van der Waals surface area contributed by atoms with Gasteiger partial charge >= 0.3 is 0 Å². The molecule has 3 aromatic rings. The van der Waals surface area contributed by atoms with E-state index in [0.717, 1.165) is 42.6 Å². The quantitative estimate of drug-likeness (QED) is 0.326. The van der Waals surface area contributed by atoms with Gasteiger partial charge in [-0.1, -0.05) is 110 Å². The van der Waals surface area contributed by atoms with E-state index in [1.807, 2.05) is 65.6 Å². The van der Waals surface area contributed by atoms with Gasteiger partial charge in [0, 0.05) is 24.8 Å². The number of nitrogens with one attached hydrogen (secondary N) is 1. The Hall–Kier alpha value is -3.05. The van der Waals surface area contributed by atoms with Crippen LogP contribution in [0.4, 0.5) is 0 Å². The van der Waals surface area contributed by atoms with Gasteiger partial charge in [0.1, 0.15) is 6.04 Å². The van der Waals surface area contributed by atoms with Crippen molar-refractivity contribution < 1.29 is 9.59 Å². The van der Waals surface area contributed by atoms with Crippen LogP contribution in [0.15, 0.2) is 84.9 Å². The molecule has 1 atom stereocenters. The van der Waals surface area contributed by atoms with Gasteiger partial charge in [0.15, 0.2) is 0 Å². The van der Waals surface area contributed by atoms with E-state index < -0.39 is 6.04 Å². The number of hydrogen-bond donors (Lipinski definition) is 1. The maximum atomic E-state index is 13.8. The molecule has 37 heavy (non-hydrogen) atoms. The molecule has 0 bridgehead atoms. The number of benzene rings is 3. The highest BCUT2D eigenvalue weighted by molar-refractivity contribution is 7.99. The van der Waals surface area contributed by atoms with Gasteiger partial charge < -0.3 is 10.2 Å². The Kier molecular flexibility index (Phi) is 10.2. The molecular formula is C32H38N2O2S. The van der Waals surface area contributed by atoms with E-state index in [9.17, 15) is 9.59 Å². The van der Waals surface area contributed by atoms with Crippen molar-refractivity contribution >= 4 is 23.6 Å². The largest absolute Gasteiger partial charge is 0.352 e. The summed E-state index contributed by atoms with van der Waals surface area (Å²) in [7, 11) is 0. The highest BCUT2D eigenvalue weighted by atomic mass is 32.2. The van der Waals surface area contributed by atoms with Crippen molar-refractivity contribution in [2.24, 2.45) is 0 Å². The van der Waals surface area contributed by atoms with Crippen molar-refractivity contribution in [3.05, 3.63) is 107 Å². The van der Waals surface area contributed by atoms with Crippen LogP contribution in [-0.2, 0) is 28.3 Å². The first-order valence-corrected chi connectivity index (χ1v) is 14.5. The Balaban J connectivity index is 1.54. The molecule has 1 N–H and O–H groups in total. The van der Waals surface area contributed by atoms with Gasteiger partial charge in [0.05, 0.1) is 5.75 Å². The summed E-state index contributed by atoms with van der Waals surface area (Å²) in [6, 6.07) is 28.1. The maximum Gasteiger partial charge on any atom is 0.243 e. The molecule has 4 rings (SSSR count). The van der Waals surface area contributed by atoms with Gasteiger partial charge in [0.2, 0.25) is 11.8 Å². The van der Waals surface area contributed by atoms with Gasteiger partial charge in [-0.3, -0.25) is 9.59 Å². The fourth-order valence-corrected chi connectivity index (χ4v) is 5.88. The van der Waals surface area contributed by atoms with Crippen molar-refractivity contribution in [3.8, 4) is 0 Å². The smallest absolute Gasteiger partial charge is 0.243 e. The van der Waals surface area contributed by atoms with Crippen molar-refractivity contribution in [1.82, 2.24) is 10.2 Å². The van der Waals surface area contributed by atoms with Crippen molar-refractivity contribution in [2.75, 3.05) is 5.75 Å². The molecule has 3 aromatic carbocycles. The lowest BCUT2D eigenvalue weighted by Gasteiger charge is -2.33. The third-order valence-corrected chi connectivity index (χ3v) is 7.98. The van der Waals surface area contributed by atoms with Crippen molar-refractivity contribution in [3.63, 3.8) is 0 Å². The fourth-order valence-electron chi connectivity index (χ4n) is 5.02. The molecule has 5 heteroatoms. The first-order valence-electron chi connectivity index (χ1n) is 13.4. The normalized spacial score (nSPS) is 14.6. The summed E-state index contributed by atoms with van der Waals surface area (Å²) in [5.41, 5.74) is 4.52. The summed E-state index contributed by atoms with van der Waals surface area (Å²) in [5.74, 6) is 1.07. The first-order chi connectivity index (χ1) is 18.1. The lowest BCUT2D eigenvalue weighted by atomic mass is 9.94. The molecule has 194 valence electrons. The molecule has 0 unspecified atom stereocenters. The number of carbonyl (C=O) groups excluding carboxylic acids is 2. The molecule has 0 radical (unpaired) electrons. The predicted molar refractivity (Wildman–Crippen MR) is 153 cm³/mol. The second kappa shape index (κ2) is 14.0. The molecule has 0 saturated heterocycles. The number of amides is 2. The van der Waals surface area contributed by atoms with Crippen LogP contribution in [0.2, 0.25) is 0 Å². The highest BCUT2D eigenvalue weighted by Crippen LogP contribution is 2.21. The van der Waals surface area contributed by atoms with Crippen LogP contribution in [0.3, 0.4) is 0 Å². The zero-order valence-electron chi connectivity index (χ0n) is 21.8. The van der Waals surface area contributed by atoms with Crippen LogP contribution in [-0.4, -0.2) is 34.6 Å². The van der Waals surface area contributed by atoms with Gasteiger partial charge in [0.25, 0.3) is 0 Å². The van der Waals surface area contributed by atoms with E-state index in [1.54, 1.807) is 11.8 Å². The van der Waals surface area contributed by atoms with E-state index in [1.165, 1.54) is 17.5 Å². The molecule has 0 aliphatic heterocycles. The number of thioether (sulfide) groups is 1. The summed E-state index contributed by atoms with van der Waals surface area (Å²) in [6.07, 6.45) is 6.07. The first kappa shape index (κ1) is 27.0. The number of aryl methyl sites for hydroxylation is 1. The maximum absolute atomic E-state index is 13.8. The second-order valence-electron chi connectivity index (χ2n) is 10.0. The van der Waals surface area contributed by atoms with Crippen LogP contribution in [0.5, 0.6) is 0 Å². The molecule has 1 saturated carbocycles. The summed E-state index contributed by atoms with van der Waals surface area (Å²) in [5, 5.41) is 3.31. The Bertz CT molecular complexity index is 1130. The SMILES string of the molecule is Cc1cccc(CSCC(=O)N(Cc2ccccc2)[C@H](Cc2ccccc2)C(=O)NC2CCCCC2)c1. The zero-order valence-corrected chi connectivity index (χ0v) is 22.6. The molecule has 0 heterocycles. The lowest BCUT2D eigenvalue weighted by molar-refractivity contribution is -0.139. The average molecular weight is 515 g/mol. The summed E-state index contributed by atoms with van der Waals surface area (Å²) >= 11 is 1.61. The number of carbonyl (C=O) groups is 2. The Morgan fingerprint density at radius 2 is 1.51 bits per heavy atom. The minimum Gasteiger partial charge on any atom is -0.352 e. The minimum absolute atomic E-state index is 0.00114. The minimum atomic E-state index is -0.559. The van der Waals surface area contributed by atoms with Crippen LogP contribution in [0, 0.1) is 6.92 Å². The van der Waals surface area contributed by atoms with Crippen LogP contribution < -0.4 is 5.32 Å². The predicted octanol–water partition coefficient (Wildman–Crippen LogP) is 6.32. The summed E-state index contributed by atoms with van der Waals surface area (Å²) in [6.45, 7) is 2.50. The van der Waals surface area contributed by atoms with E-state index in [0.29, 0.717) is 18.7 Å². The summed E-state index contributed by atoms with van der Waals surface area (Å²) in [4.78, 5) is 29.3. The topological polar surface area (TPSA) is 49.4 Å². The van der Waals surface area contributed by atoms with Gasteiger partial charge in [-0.05, 0) is 36.5 Å². The molecule has 4 nitrogen and oxygen atoms in total. The molecule has 1 aliphatic carbocycles. The van der Waals surface area contributed by atoms with E-state index in [2.05, 4.69) is 36.5 Å². The average Bonchev–Trinajstić information content (AvgIpc) is 2.92. The van der Waals surface area contributed by atoms with E-state index in [-0.39, 0.29) is 17.9 Å². The Morgan fingerprint density at radius 3 is 2.19 bits per heavy atom. The standard InChI is InChI=1S/C32H38N2O2S/c1-25-12-11-17-28(20-25)23-37-24-31(35)34(22-27-15-7-3-8-16-27)30(21-26-13-5-2-6-14-26)32(36)33-29-18-9-4-10-19-29/h2-3,5-8,11-17,20,29-30H,4,9-10,18-19,21-24H2,1H3,(H,33,36)/t30-/m1/s1. The molecule has 0 spiro atoms. The Morgan fingerprint density at radius 1 is 0.865 bits per heavy atom. The fraction of sp³-hybridized carbons (Fsp3) is 0.375. The zero-order chi connectivity index (χ0) is 25.9. The molecule has 1 fully saturated rings. The van der Waals surface area contributed by atoms with E-state index in [4.69, 9.17) is 0 Å². The lowest BCUT2D eigenvalue weighted by Crippen LogP contribution is -2.53. The van der Waals surface area contributed by atoms with Crippen LogP contribution in [0.25, 0.3) is 0 Å². The molecule has 0 aromatic heterocycles. The highest BCUT2D eigenvalue weighted by Gasteiger charge is 2.31. The van der Waals surface area contributed by atoms with Crippen molar-refractivity contribution in [2.45, 2.75) is 69.8 Å². The number of nitrogens with zero attached hydrogens (tertiary/aromatic N) is 1.